The molecule has 14 heteroatoms. The SMILES string of the molecule is CC1C(CN2CCC3(CC2)C(=O)NCN3c2ccccc2)OC(c2ccc(CNC(=O)C3CCCN3C(=O)C(F)(F)F)cc2)OC1c1ccc(CO)cc1. The van der Waals surface area contributed by atoms with Gasteiger partial charge in [0, 0.05) is 49.9 Å². The van der Waals surface area contributed by atoms with Crippen molar-refractivity contribution >= 4 is 23.4 Å². The fourth-order valence-electron chi connectivity index (χ4n) is 8.27. The van der Waals surface area contributed by atoms with Gasteiger partial charge in [-0.25, -0.2) is 0 Å². The van der Waals surface area contributed by atoms with E-state index in [2.05, 4.69) is 27.4 Å². The van der Waals surface area contributed by atoms with Crippen LogP contribution in [0.3, 0.4) is 0 Å². The topological polar surface area (TPSA) is 124 Å². The van der Waals surface area contributed by atoms with Crippen molar-refractivity contribution in [3.8, 4) is 0 Å². The van der Waals surface area contributed by atoms with Gasteiger partial charge in [0.15, 0.2) is 6.29 Å². The quantitative estimate of drug-likeness (QED) is 0.291. The van der Waals surface area contributed by atoms with E-state index in [1.807, 2.05) is 78.9 Å². The normalized spacial score (nSPS) is 25.9. The standard InChI is InChI=1S/C40H46F3N5O6/c1-26-33(23-46-20-17-39(18-21-46)37(51)45-25-48(39)31-6-3-2-4-7-31)53-36(54-34(26)29-13-11-28(24-49)12-14-29)30-15-9-27(10-16-30)22-44-35(50)32-8-5-19-47(32)38(52)40(41,42)43/h2-4,6-7,9-16,26,32-34,36,49H,5,8,17-25H2,1H3,(H,44,50)(H,45,51). The number of aliphatic hydroxyl groups excluding tert-OH is 1. The number of hydrogen-bond donors (Lipinski definition) is 3. The number of carbonyl (C=O) groups excluding carboxylic acids is 3. The van der Waals surface area contributed by atoms with Crippen molar-refractivity contribution in [3.05, 3.63) is 101 Å². The summed E-state index contributed by atoms with van der Waals surface area (Å²) in [6, 6.07) is 23.9. The maximum absolute atomic E-state index is 13.3. The van der Waals surface area contributed by atoms with Crippen molar-refractivity contribution in [3.63, 3.8) is 0 Å². The summed E-state index contributed by atoms with van der Waals surface area (Å²) >= 11 is 0. The Hall–Kier alpha value is -4.50. The highest BCUT2D eigenvalue weighted by molar-refractivity contribution is 5.93. The number of likely N-dealkylation sites (tertiary alicyclic amines) is 2. The van der Waals surface area contributed by atoms with E-state index in [1.165, 1.54) is 0 Å². The Morgan fingerprint density at radius 2 is 1.59 bits per heavy atom. The van der Waals surface area contributed by atoms with Crippen molar-refractivity contribution in [2.75, 3.05) is 37.7 Å². The molecule has 5 atom stereocenters. The van der Waals surface area contributed by atoms with Gasteiger partial charge in [-0.15, -0.1) is 0 Å². The van der Waals surface area contributed by atoms with Crippen LogP contribution in [0.15, 0.2) is 78.9 Å². The summed E-state index contributed by atoms with van der Waals surface area (Å²) < 4.78 is 52.5. The molecule has 4 fully saturated rings. The van der Waals surface area contributed by atoms with Crippen LogP contribution in [-0.2, 0) is 37.0 Å². The minimum absolute atomic E-state index is 0.0402. The zero-order chi connectivity index (χ0) is 38.0. The Morgan fingerprint density at radius 1 is 0.926 bits per heavy atom. The van der Waals surface area contributed by atoms with Crippen molar-refractivity contribution < 1.29 is 42.1 Å². The van der Waals surface area contributed by atoms with Gasteiger partial charge in [0.25, 0.3) is 0 Å². The molecule has 288 valence electrons. The third kappa shape index (κ3) is 7.70. The van der Waals surface area contributed by atoms with Crippen LogP contribution in [0.25, 0.3) is 0 Å². The van der Waals surface area contributed by atoms with Gasteiger partial charge >= 0.3 is 12.1 Å². The first-order valence-electron chi connectivity index (χ1n) is 18.5. The summed E-state index contributed by atoms with van der Waals surface area (Å²) in [5.74, 6) is -2.59. The number of ether oxygens (including phenoxy) is 2. The molecule has 0 saturated carbocycles. The van der Waals surface area contributed by atoms with E-state index in [9.17, 15) is 32.7 Å². The molecule has 3 aromatic rings. The second kappa shape index (κ2) is 15.7. The molecule has 1 spiro atoms. The van der Waals surface area contributed by atoms with Gasteiger partial charge < -0.3 is 39.9 Å². The largest absolute Gasteiger partial charge is 0.471 e. The van der Waals surface area contributed by atoms with Crippen molar-refractivity contribution in [1.82, 2.24) is 20.4 Å². The molecule has 0 bridgehead atoms. The number of benzene rings is 3. The molecule has 4 saturated heterocycles. The van der Waals surface area contributed by atoms with Crippen LogP contribution in [0.1, 0.15) is 67.3 Å². The molecular weight excluding hydrogens is 703 g/mol. The monoisotopic (exact) mass is 749 g/mol. The molecule has 0 aromatic heterocycles. The Kier molecular flexibility index (Phi) is 11.0. The summed E-state index contributed by atoms with van der Waals surface area (Å²) in [6.45, 7) is 4.56. The van der Waals surface area contributed by atoms with Gasteiger partial charge in [0.05, 0.1) is 25.5 Å². The van der Waals surface area contributed by atoms with Gasteiger partial charge in [-0.1, -0.05) is 73.7 Å². The van der Waals surface area contributed by atoms with Crippen LogP contribution in [0.5, 0.6) is 0 Å². The highest BCUT2D eigenvalue weighted by Crippen LogP contribution is 2.43. The molecule has 0 aliphatic carbocycles. The van der Waals surface area contributed by atoms with Crippen LogP contribution in [0, 0.1) is 5.92 Å². The molecular formula is C40H46F3N5O6. The average molecular weight is 750 g/mol. The second-order valence-electron chi connectivity index (χ2n) is 14.7. The Balaban J connectivity index is 1.03. The van der Waals surface area contributed by atoms with Gasteiger partial charge in [0.2, 0.25) is 11.8 Å². The molecule has 7 rings (SSSR count). The van der Waals surface area contributed by atoms with E-state index < -0.39 is 35.9 Å². The third-order valence-corrected chi connectivity index (χ3v) is 11.4. The van der Waals surface area contributed by atoms with E-state index in [0.29, 0.717) is 50.5 Å². The maximum atomic E-state index is 13.3. The second-order valence-corrected chi connectivity index (χ2v) is 14.7. The van der Waals surface area contributed by atoms with Crippen LogP contribution in [-0.4, -0.2) is 89.3 Å². The van der Waals surface area contributed by atoms with Gasteiger partial charge in [-0.2, -0.15) is 13.2 Å². The van der Waals surface area contributed by atoms with Crippen LogP contribution in [0.2, 0.25) is 0 Å². The average Bonchev–Trinajstić information content (AvgIpc) is 3.80. The number of halogens is 3. The zero-order valence-corrected chi connectivity index (χ0v) is 30.1. The lowest BCUT2D eigenvalue weighted by atomic mass is 9.84. The van der Waals surface area contributed by atoms with Crippen LogP contribution in [0.4, 0.5) is 18.9 Å². The number of nitrogens with one attached hydrogen (secondary N) is 2. The summed E-state index contributed by atoms with van der Waals surface area (Å²) in [5, 5.41) is 15.4. The third-order valence-electron chi connectivity index (χ3n) is 11.4. The predicted molar refractivity (Wildman–Crippen MR) is 192 cm³/mol. The first-order valence-corrected chi connectivity index (χ1v) is 18.5. The fraction of sp³-hybridized carbons (Fsp3) is 0.475. The number of rotatable bonds is 9. The van der Waals surface area contributed by atoms with Gasteiger partial charge in [0.1, 0.15) is 11.6 Å². The van der Waals surface area contributed by atoms with E-state index in [4.69, 9.17) is 9.47 Å². The first kappa shape index (κ1) is 37.8. The number of piperidine rings is 1. The molecule has 4 aliphatic heterocycles. The molecule has 4 heterocycles. The van der Waals surface area contributed by atoms with Crippen molar-refractivity contribution in [2.45, 2.75) is 82.0 Å². The van der Waals surface area contributed by atoms with E-state index >= 15 is 0 Å². The predicted octanol–water partition coefficient (Wildman–Crippen LogP) is 4.57. The van der Waals surface area contributed by atoms with E-state index in [-0.39, 0.29) is 50.2 Å². The van der Waals surface area contributed by atoms with E-state index in [0.717, 1.165) is 27.9 Å². The number of nitrogens with zero attached hydrogens (tertiary/aromatic N) is 3. The highest BCUT2D eigenvalue weighted by Gasteiger charge is 2.51. The van der Waals surface area contributed by atoms with Gasteiger partial charge in [-0.3, -0.25) is 14.4 Å². The minimum atomic E-state index is -5.03. The number of amides is 3. The lowest BCUT2D eigenvalue weighted by Crippen LogP contribution is -2.57. The number of aliphatic hydroxyl groups is 1. The molecule has 3 aromatic carbocycles. The molecule has 5 unspecified atom stereocenters. The fourth-order valence-corrected chi connectivity index (χ4v) is 8.27. The molecule has 11 nitrogen and oxygen atoms in total. The lowest BCUT2D eigenvalue weighted by molar-refractivity contribution is -0.276. The summed E-state index contributed by atoms with van der Waals surface area (Å²) in [7, 11) is 0. The Bertz CT molecular complexity index is 1790. The molecule has 54 heavy (non-hydrogen) atoms. The van der Waals surface area contributed by atoms with Crippen molar-refractivity contribution in [1.29, 1.82) is 0 Å². The number of anilines is 1. The highest BCUT2D eigenvalue weighted by atomic mass is 19.4. The Labute approximate surface area is 312 Å². The smallest absolute Gasteiger partial charge is 0.392 e. The maximum Gasteiger partial charge on any atom is 0.471 e. The van der Waals surface area contributed by atoms with Gasteiger partial charge in [-0.05, 0) is 54.5 Å². The molecule has 3 N–H and O–H groups in total. The summed E-state index contributed by atoms with van der Waals surface area (Å²) in [6.07, 6.45) is -4.45. The zero-order valence-electron chi connectivity index (χ0n) is 30.1. The molecule has 4 aliphatic rings. The van der Waals surface area contributed by atoms with Crippen molar-refractivity contribution in [2.24, 2.45) is 5.92 Å². The van der Waals surface area contributed by atoms with Crippen LogP contribution >= 0.6 is 0 Å². The first-order chi connectivity index (χ1) is 26.0. The number of alkyl halides is 3. The molecule has 0 radical (unpaired) electrons. The van der Waals surface area contributed by atoms with Crippen LogP contribution < -0.4 is 15.5 Å². The lowest BCUT2D eigenvalue weighted by Gasteiger charge is -2.46. The Morgan fingerprint density at radius 3 is 2.26 bits per heavy atom. The number of carbonyl (C=O) groups is 3. The summed E-state index contributed by atoms with van der Waals surface area (Å²) in [4.78, 5) is 43.1. The number of hydrogen-bond acceptors (Lipinski definition) is 8. The number of para-hydroxylation sites is 1. The van der Waals surface area contributed by atoms with E-state index in [1.54, 1.807) is 0 Å². The minimum Gasteiger partial charge on any atom is -0.392 e. The summed E-state index contributed by atoms with van der Waals surface area (Å²) in [5.41, 5.74) is 3.66. The molecule has 3 amide bonds.